The van der Waals surface area contributed by atoms with Crippen LogP contribution in [0, 0.1) is 0 Å². The summed E-state index contributed by atoms with van der Waals surface area (Å²) in [6.45, 7) is 9.06. The monoisotopic (exact) mass is 213 g/mol. The summed E-state index contributed by atoms with van der Waals surface area (Å²) in [4.78, 5) is 0. The number of hydrogen-bond donors (Lipinski definition) is 1. The minimum absolute atomic E-state index is 0.699. The Kier molecular flexibility index (Phi) is 4.68. The van der Waals surface area contributed by atoms with Crippen LogP contribution in [0.2, 0.25) is 11.1 Å². The SMILES string of the molecule is CC(C)[SiH](ONC1=CCCC1)C(C)C. The zero-order valence-corrected chi connectivity index (χ0v) is 11.0. The molecular weight excluding hydrogens is 190 g/mol. The van der Waals surface area contributed by atoms with Crippen LogP contribution in [0.25, 0.3) is 0 Å². The van der Waals surface area contributed by atoms with Crippen molar-refractivity contribution >= 4 is 9.04 Å². The second-order valence-corrected chi connectivity index (χ2v) is 8.63. The highest BCUT2D eigenvalue weighted by atomic mass is 28.3. The fraction of sp³-hybridized carbons (Fsp3) is 0.818. The van der Waals surface area contributed by atoms with E-state index in [1.165, 1.54) is 18.5 Å². The van der Waals surface area contributed by atoms with Gasteiger partial charge in [-0.15, -0.1) is 0 Å². The fourth-order valence-electron chi connectivity index (χ4n) is 1.95. The van der Waals surface area contributed by atoms with Crippen molar-refractivity contribution in [1.29, 1.82) is 0 Å². The van der Waals surface area contributed by atoms with Gasteiger partial charge in [0.2, 0.25) is 9.04 Å². The Morgan fingerprint density at radius 3 is 2.36 bits per heavy atom. The molecule has 0 saturated heterocycles. The number of allylic oxidation sites excluding steroid dienone is 2. The van der Waals surface area contributed by atoms with Crippen molar-refractivity contribution in [3.05, 3.63) is 11.8 Å². The number of hydrogen-bond acceptors (Lipinski definition) is 2. The molecule has 2 nitrogen and oxygen atoms in total. The van der Waals surface area contributed by atoms with Gasteiger partial charge in [-0.3, -0.25) is 5.48 Å². The van der Waals surface area contributed by atoms with Gasteiger partial charge in [-0.2, -0.15) is 0 Å². The average Bonchev–Trinajstić information content (AvgIpc) is 2.55. The van der Waals surface area contributed by atoms with Crippen molar-refractivity contribution in [3.63, 3.8) is 0 Å². The molecule has 0 aromatic rings. The van der Waals surface area contributed by atoms with E-state index in [4.69, 9.17) is 4.53 Å². The highest BCUT2D eigenvalue weighted by Crippen LogP contribution is 2.21. The van der Waals surface area contributed by atoms with E-state index >= 15 is 0 Å². The van der Waals surface area contributed by atoms with E-state index in [2.05, 4.69) is 39.3 Å². The Morgan fingerprint density at radius 2 is 1.93 bits per heavy atom. The first-order valence-electron chi connectivity index (χ1n) is 5.72. The summed E-state index contributed by atoms with van der Waals surface area (Å²) in [6, 6.07) is 0. The van der Waals surface area contributed by atoms with Gasteiger partial charge in [0.15, 0.2) is 0 Å². The van der Waals surface area contributed by atoms with E-state index in [0.29, 0.717) is 11.1 Å². The van der Waals surface area contributed by atoms with E-state index in [0.717, 1.165) is 6.42 Å². The lowest BCUT2D eigenvalue weighted by molar-refractivity contribution is 0.217. The largest absolute Gasteiger partial charge is 0.326 e. The number of rotatable bonds is 5. The van der Waals surface area contributed by atoms with Gasteiger partial charge in [-0.1, -0.05) is 33.8 Å². The Bertz CT molecular complexity index is 193. The molecule has 0 heterocycles. The highest BCUT2D eigenvalue weighted by molar-refractivity contribution is 6.54. The number of nitrogens with one attached hydrogen (secondary N) is 1. The van der Waals surface area contributed by atoms with Crippen LogP contribution in [-0.4, -0.2) is 9.04 Å². The third-order valence-corrected chi connectivity index (χ3v) is 5.70. The Balaban J connectivity index is 2.32. The molecule has 0 aliphatic heterocycles. The topological polar surface area (TPSA) is 21.3 Å². The van der Waals surface area contributed by atoms with Crippen molar-refractivity contribution in [2.75, 3.05) is 0 Å². The molecule has 0 spiro atoms. The van der Waals surface area contributed by atoms with Crippen molar-refractivity contribution in [3.8, 4) is 0 Å². The minimum atomic E-state index is -1.09. The molecule has 0 radical (unpaired) electrons. The van der Waals surface area contributed by atoms with Gasteiger partial charge in [-0.25, -0.2) is 0 Å². The molecule has 0 atom stereocenters. The Morgan fingerprint density at radius 1 is 1.29 bits per heavy atom. The molecule has 1 aliphatic carbocycles. The third kappa shape index (κ3) is 3.46. The molecule has 0 aromatic heterocycles. The molecule has 0 bridgehead atoms. The van der Waals surface area contributed by atoms with Crippen LogP contribution in [0.3, 0.4) is 0 Å². The van der Waals surface area contributed by atoms with Crippen LogP contribution in [0.15, 0.2) is 11.8 Å². The van der Waals surface area contributed by atoms with Gasteiger partial charge in [0, 0.05) is 5.70 Å². The molecule has 82 valence electrons. The van der Waals surface area contributed by atoms with Gasteiger partial charge in [0.05, 0.1) is 0 Å². The van der Waals surface area contributed by atoms with Crippen LogP contribution in [0.1, 0.15) is 47.0 Å². The fourth-order valence-corrected chi connectivity index (χ4v) is 4.32. The van der Waals surface area contributed by atoms with Gasteiger partial charge in [0.1, 0.15) is 0 Å². The van der Waals surface area contributed by atoms with Gasteiger partial charge in [-0.05, 0) is 30.3 Å². The van der Waals surface area contributed by atoms with Gasteiger partial charge in [0.25, 0.3) is 0 Å². The normalized spacial score (nSPS) is 16.9. The Labute approximate surface area is 89.4 Å². The maximum absolute atomic E-state index is 5.87. The van der Waals surface area contributed by atoms with E-state index in [-0.39, 0.29) is 0 Å². The summed E-state index contributed by atoms with van der Waals surface area (Å²) in [5, 5.41) is 0. The van der Waals surface area contributed by atoms with E-state index < -0.39 is 9.04 Å². The molecule has 0 aromatic carbocycles. The molecular formula is C11H23NOSi. The van der Waals surface area contributed by atoms with E-state index in [1.807, 2.05) is 0 Å². The average molecular weight is 213 g/mol. The lowest BCUT2D eigenvalue weighted by atomic mass is 10.3. The maximum atomic E-state index is 5.87. The first kappa shape index (κ1) is 11.8. The van der Waals surface area contributed by atoms with Crippen molar-refractivity contribution in [1.82, 2.24) is 5.48 Å². The smallest absolute Gasteiger partial charge is 0.219 e. The molecule has 1 N–H and O–H groups in total. The predicted octanol–water partition coefficient (Wildman–Crippen LogP) is 3.12. The summed E-state index contributed by atoms with van der Waals surface area (Å²) in [6.07, 6.45) is 5.91. The van der Waals surface area contributed by atoms with Crippen molar-refractivity contribution in [2.45, 2.75) is 58.0 Å². The van der Waals surface area contributed by atoms with Crippen LogP contribution in [0.4, 0.5) is 0 Å². The van der Waals surface area contributed by atoms with E-state index in [1.54, 1.807) is 0 Å². The minimum Gasteiger partial charge on any atom is -0.326 e. The second-order valence-electron chi connectivity index (χ2n) is 4.79. The van der Waals surface area contributed by atoms with E-state index in [9.17, 15) is 0 Å². The second kappa shape index (κ2) is 5.56. The molecule has 3 heteroatoms. The zero-order valence-electron chi connectivity index (χ0n) is 9.84. The van der Waals surface area contributed by atoms with Gasteiger partial charge >= 0.3 is 0 Å². The van der Waals surface area contributed by atoms with Crippen molar-refractivity contribution in [2.24, 2.45) is 0 Å². The summed E-state index contributed by atoms with van der Waals surface area (Å²) >= 11 is 0. The molecule has 0 saturated carbocycles. The highest BCUT2D eigenvalue weighted by Gasteiger charge is 2.22. The molecule has 0 fully saturated rings. The number of hydroxylamine groups is 1. The van der Waals surface area contributed by atoms with Crippen LogP contribution in [-0.2, 0) is 4.53 Å². The summed E-state index contributed by atoms with van der Waals surface area (Å²) < 4.78 is 5.87. The van der Waals surface area contributed by atoms with Crippen molar-refractivity contribution < 1.29 is 4.53 Å². The lowest BCUT2D eigenvalue weighted by Gasteiger charge is -2.23. The van der Waals surface area contributed by atoms with Crippen LogP contribution >= 0.6 is 0 Å². The first-order valence-corrected chi connectivity index (χ1v) is 7.52. The van der Waals surface area contributed by atoms with Crippen LogP contribution < -0.4 is 5.48 Å². The zero-order chi connectivity index (χ0) is 10.6. The molecule has 0 amide bonds. The molecule has 14 heavy (non-hydrogen) atoms. The predicted molar refractivity (Wildman–Crippen MR) is 63.5 cm³/mol. The van der Waals surface area contributed by atoms with Gasteiger partial charge < -0.3 is 4.53 Å². The first-order chi connectivity index (χ1) is 6.61. The molecule has 1 rings (SSSR count). The summed E-state index contributed by atoms with van der Waals surface area (Å²) in [7, 11) is -1.09. The molecule has 0 unspecified atom stereocenters. The maximum Gasteiger partial charge on any atom is 0.219 e. The summed E-state index contributed by atoms with van der Waals surface area (Å²) in [5.74, 6) is 0. The Hall–Kier alpha value is -0.283. The standard InChI is InChI=1S/C11H23NOSi/c1-9(2)14(10(3)4)13-12-11-7-5-6-8-11/h7,9-10,12,14H,5-6,8H2,1-4H3. The third-order valence-electron chi connectivity index (χ3n) is 2.68. The van der Waals surface area contributed by atoms with Crippen LogP contribution in [0.5, 0.6) is 0 Å². The lowest BCUT2D eigenvalue weighted by Crippen LogP contribution is -2.32. The quantitative estimate of drug-likeness (QED) is 0.559. The summed E-state index contributed by atoms with van der Waals surface area (Å²) in [5.41, 5.74) is 5.86. The molecule has 1 aliphatic rings.